The van der Waals surface area contributed by atoms with E-state index in [2.05, 4.69) is 38.5 Å². The number of likely N-dealkylation sites (tertiary alicyclic amines) is 1. The molecule has 3 aliphatic heterocycles. The lowest BCUT2D eigenvalue weighted by atomic mass is 10.0. The number of hydrogen-bond donors (Lipinski definition) is 3. The number of benzene rings is 1. The molecule has 12 nitrogen and oxygen atoms in total. The Kier molecular flexibility index (Phi) is 7.74. The molecule has 1 atom stereocenters. The first-order valence-electron chi connectivity index (χ1n) is 13.8. The molecule has 0 bridgehead atoms. The molecule has 4 N–H and O–H groups in total. The molecule has 1 aromatic carbocycles. The normalized spacial score (nSPS) is 20.6. The number of amides is 2. The third kappa shape index (κ3) is 6.39. The van der Waals surface area contributed by atoms with Crippen molar-refractivity contribution >= 4 is 35.0 Å². The maximum Gasteiger partial charge on any atom is 0.410 e. The second-order valence-corrected chi connectivity index (χ2v) is 11.6. The SMILES string of the molecule is Cc1cc(Nc2nc(N[C@@H]3CCN(C(=O)OC(C)(C)C)C3)cnc2C(N)=O)ccc1N1CCC2(CC1)OCCO2. The molecule has 2 aromatic rings. The molecule has 3 aliphatic rings. The average molecular weight is 554 g/mol. The molecule has 12 heteroatoms. The minimum Gasteiger partial charge on any atom is -0.444 e. The van der Waals surface area contributed by atoms with Gasteiger partial charge in [0, 0.05) is 56.4 Å². The van der Waals surface area contributed by atoms with E-state index in [1.165, 1.54) is 6.20 Å². The van der Waals surface area contributed by atoms with E-state index in [-0.39, 0.29) is 23.6 Å². The van der Waals surface area contributed by atoms with Crippen molar-refractivity contribution < 1.29 is 23.8 Å². The summed E-state index contributed by atoms with van der Waals surface area (Å²) in [5.74, 6) is -0.343. The molecular weight excluding hydrogens is 514 g/mol. The Labute approximate surface area is 234 Å². The van der Waals surface area contributed by atoms with Crippen molar-refractivity contribution in [2.45, 2.75) is 64.4 Å². The second kappa shape index (κ2) is 11.1. The van der Waals surface area contributed by atoms with Crippen LogP contribution in [0.5, 0.6) is 0 Å². The number of carbonyl (C=O) groups is 2. The van der Waals surface area contributed by atoms with Crippen molar-refractivity contribution in [3.05, 3.63) is 35.7 Å². The zero-order chi connectivity index (χ0) is 28.5. The first kappa shape index (κ1) is 27.9. The standard InChI is InChI=1S/C28H39N7O5/c1-18-15-19(5-6-21(18)34-11-8-28(9-12-34)38-13-14-39-28)32-25-23(24(29)36)30-16-22(33-25)31-20-7-10-35(17-20)26(37)40-27(2,3)4/h5-6,15-16,20H,7-14,17H2,1-4H3,(H2,29,36)(H2,31,32,33)/t20-/m1/s1. The Morgan fingerprint density at radius 1 is 1.15 bits per heavy atom. The maximum absolute atomic E-state index is 12.4. The van der Waals surface area contributed by atoms with Crippen molar-refractivity contribution in [2.24, 2.45) is 5.73 Å². The summed E-state index contributed by atoms with van der Waals surface area (Å²) in [6, 6.07) is 6.01. The molecule has 0 unspecified atom stereocenters. The highest BCUT2D eigenvalue weighted by molar-refractivity contribution is 5.96. The van der Waals surface area contributed by atoms with E-state index in [0.717, 1.165) is 49.3 Å². The summed E-state index contributed by atoms with van der Waals surface area (Å²) < 4.78 is 17.2. The number of primary amides is 1. The minimum atomic E-state index is -0.676. The molecular formula is C28H39N7O5. The Balaban J connectivity index is 1.25. The summed E-state index contributed by atoms with van der Waals surface area (Å²) in [5, 5.41) is 6.55. The van der Waals surface area contributed by atoms with Crippen LogP contribution in [0.1, 0.15) is 56.1 Å². The van der Waals surface area contributed by atoms with Crippen LogP contribution in [0.15, 0.2) is 24.4 Å². The van der Waals surface area contributed by atoms with Gasteiger partial charge in [-0.1, -0.05) is 0 Å². The van der Waals surface area contributed by atoms with E-state index < -0.39 is 17.3 Å². The van der Waals surface area contributed by atoms with Gasteiger partial charge in [-0.25, -0.2) is 14.8 Å². The molecule has 3 fully saturated rings. The monoisotopic (exact) mass is 553 g/mol. The van der Waals surface area contributed by atoms with Crippen molar-refractivity contribution in [2.75, 3.05) is 54.9 Å². The molecule has 216 valence electrons. The van der Waals surface area contributed by atoms with Gasteiger partial charge in [0.15, 0.2) is 17.3 Å². The molecule has 2 amide bonds. The fourth-order valence-corrected chi connectivity index (χ4v) is 5.40. The van der Waals surface area contributed by atoms with E-state index >= 15 is 0 Å². The smallest absolute Gasteiger partial charge is 0.410 e. The number of rotatable bonds is 6. The van der Waals surface area contributed by atoms with Gasteiger partial charge in [-0.15, -0.1) is 0 Å². The van der Waals surface area contributed by atoms with E-state index in [1.807, 2.05) is 32.9 Å². The summed E-state index contributed by atoms with van der Waals surface area (Å²) in [6.07, 6.45) is 3.55. The third-order valence-electron chi connectivity index (χ3n) is 7.34. The van der Waals surface area contributed by atoms with Gasteiger partial charge in [-0.05, 0) is 57.9 Å². The van der Waals surface area contributed by atoms with Gasteiger partial charge in [-0.2, -0.15) is 0 Å². The Hall–Kier alpha value is -3.64. The predicted octanol–water partition coefficient (Wildman–Crippen LogP) is 3.39. The molecule has 0 aliphatic carbocycles. The molecule has 4 heterocycles. The van der Waals surface area contributed by atoms with E-state index in [4.69, 9.17) is 19.9 Å². The number of carbonyl (C=O) groups excluding carboxylic acids is 2. The summed E-state index contributed by atoms with van der Waals surface area (Å²) >= 11 is 0. The van der Waals surface area contributed by atoms with Crippen LogP contribution < -0.4 is 21.3 Å². The zero-order valence-electron chi connectivity index (χ0n) is 23.7. The lowest BCUT2D eigenvalue weighted by Crippen LogP contribution is -2.45. The first-order valence-corrected chi connectivity index (χ1v) is 13.8. The number of nitrogens with zero attached hydrogens (tertiary/aromatic N) is 4. The van der Waals surface area contributed by atoms with Crippen molar-refractivity contribution in [1.29, 1.82) is 0 Å². The number of ether oxygens (including phenoxy) is 3. The van der Waals surface area contributed by atoms with Crippen LogP contribution in [-0.2, 0) is 14.2 Å². The van der Waals surface area contributed by atoms with Crippen molar-refractivity contribution in [3.8, 4) is 0 Å². The van der Waals surface area contributed by atoms with Crippen molar-refractivity contribution in [3.63, 3.8) is 0 Å². The van der Waals surface area contributed by atoms with Crippen LogP contribution in [0, 0.1) is 6.92 Å². The van der Waals surface area contributed by atoms with Gasteiger partial charge in [0.05, 0.1) is 19.4 Å². The highest BCUT2D eigenvalue weighted by Crippen LogP contribution is 2.35. The van der Waals surface area contributed by atoms with Crippen LogP contribution in [0.2, 0.25) is 0 Å². The summed E-state index contributed by atoms with van der Waals surface area (Å²) in [6.45, 7) is 11.7. The zero-order valence-corrected chi connectivity index (χ0v) is 23.7. The molecule has 0 radical (unpaired) electrons. The quantitative estimate of drug-likeness (QED) is 0.487. The highest BCUT2D eigenvalue weighted by Gasteiger charge is 2.40. The minimum absolute atomic E-state index is 0.0284. The number of nitrogens with one attached hydrogen (secondary N) is 2. The fourth-order valence-electron chi connectivity index (χ4n) is 5.40. The Morgan fingerprint density at radius 3 is 2.52 bits per heavy atom. The number of anilines is 4. The molecule has 5 rings (SSSR count). The maximum atomic E-state index is 12.4. The topological polar surface area (TPSA) is 144 Å². The highest BCUT2D eigenvalue weighted by atomic mass is 16.7. The number of piperidine rings is 1. The van der Waals surface area contributed by atoms with Crippen LogP contribution >= 0.6 is 0 Å². The number of hydrogen-bond acceptors (Lipinski definition) is 10. The van der Waals surface area contributed by atoms with Crippen LogP contribution in [-0.4, -0.2) is 83.7 Å². The third-order valence-corrected chi connectivity index (χ3v) is 7.34. The molecule has 0 saturated carbocycles. The van der Waals surface area contributed by atoms with Crippen LogP contribution in [0.4, 0.5) is 27.8 Å². The second-order valence-electron chi connectivity index (χ2n) is 11.6. The van der Waals surface area contributed by atoms with Gasteiger partial charge in [0.1, 0.15) is 11.4 Å². The Morgan fingerprint density at radius 2 is 1.88 bits per heavy atom. The van der Waals surface area contributed by atoms with E-state index in [1.54, 1.807) is 4.90 Å². The van der Waals surface area contributed by atoms with Gasteiger partial charge >= 0.3 is 6.09 Å². The van der Waals surface area contributed by atoms with E-state index in [0.29, 0.717) is 32.1 Å². The summed E-state index contributed by atoms with van der Waals surface area (Å²) in [5.41, 5.74) is 8.10. The number of nitrogens with two attached hydrogens (primary N) is 1. The summed E-state index contributed by atoms with van der Waals surface area (Å²) in [4.78, 5) is 37.4. The van der Waals surface area contributed by atoms with Crippen molar-refractivity contribution in [1.82, 2.24) is 14.9 Å². The van der Waals surface area contributed by atoms with Gasteiger partial charge in [0.25, 0.3) is 5.91 Å². The van der Waals surface area contributed by atoms with Crippen LogP contribution in [0.3, 0.4) is 0 Å². The molecule has 1 spiro atoms. The van der Waals surface area contributed by atoms with E-state index in [9.17, 15) is 9.59 Å². The molecule has 40 heavy (non-hydrogen) atoms. The Bertz CT molecular complexity index is 1250. The first-order chi connectivity index (χ1) is 19.0. The fraction of sp³-hybridized carbons (Fsp3) is 0.571. The summed E-state index contributed by atoms with van der Waals surface area (Å²) in [7, 11) is 0. The number of aromatic nitrogens is 2. The largest absolute Gasteiger partial charge is 0.444 e. The lowest BCUT2D eigenvalue weighted by molar-refractivity contribution is -0.169. The molecule has 1 aromatic heterocycles. The molecule has 3 saturated heterocycles. The van der Waals surface area contributed by atoms with Crippen LogP contribution in [0.25, 0.3) is 0 Å². The van der Waals surface area contributed by atoms with Gasteiger partial charge < -0.3 is 40.4 Å². The predicted molar refractivity (Wildman–Crippen MR) is 151 cm³/mol. The van der Waals surface area contributed by atoms with Gasteiger partial charge in [-0.3, -0.25) is 4.79 Å². The average Bonchev–Trinajstić information content (AvgIpc) is 3.54. The number of aryl methyl sites for hydroxylation is 1. The van der Waals surface area contributed by atoms with Gasteiger partial charge in [0.2, 0.25) is 0 Å². The lowest BCUT2D eigenvalue weighted by Gasteiger charge is -2.39.